The van der Waals surface area contributed by atoms with Gasteiger partial charge in [-0.25, -0.2) is 4.79 Å². The molecule has 102 valence electrons. The van der Waals surface area contributed by atoms with Crippen molar-refractivity contribution in [3.8, 4) is 0 Å². The number of hydrogen-bond donors (Lipinski definition) is 1. The van der Waals surface area contributed by atoms with Crippen molar-refractivity contribution in [1.82, 2.24) is 4.90 Å². The molecule has 0 heterocycles. The van der Waals surface area contributed by atoms with Crippen LogP contribution >= 0.6 is 0 Å². The summed E-state index contributed by atoms with van der Waals surface area (Å²) in [6, 6.07) is 7.28. The Morgan fingerprint density at radius 1 is 1.37 bits per heavy atom. The maximum atomic E-state index is 12.2. The molecule has 1 amide bonds. The van der Waals surface area contributed by atoms with Crippen molar-refractivity contribution in [2.24, 2.45) is 5.92 Å². The molecule has 0 aromatic heterocycles. The largest absolute Gasteiger partial charge is 0.480 e. The third-order valence-corrected chi connectivity index (χ3v) is 3.98. The van der Waals surface area contributed by atoms with Gasteiger partial charge in [-0.05, 0) is 37.3 Å². The van der Waals surface area contributed by atoms with Crippen molar-refractivity contribution < 1.29 is 14.7 Å². The molecule has 1 aromatic rings. The Labute approximate surface area is 113 Å². The van der Waals surface area contributed by atoms with Gasteiger partial charge < -0.3 is 10.0 Å². The van der Waals surface area contributed by atoms with Crippen molar-refractivity contribution in [3.63, 3.8) is 0 Å². The van der Waals surface area contributed by atoms with Crippen LogP contribution in [-0.2, 0) is 9.59 Å². The summed E-state index contributed by atoms with van der Waals surface area (Å²) in [6.45, 7) is 3.57. The minimum Gasteiger partial charge on any atom is -0.480 e. The van der Waals surface area contributed by atoms with Crippen LogP contribution in [-0.4, -0.2) is 35.0 Å². The fraction of sp³-hybridized carbons (Fsp3) is 0.467. The maximum absolute atomic E-state index is 12.2. The minimum absolute atomic E-state index is 0.0621. The number of carbonyl (C=O) groups excluding carboxylic acids is 1. The van der Waals surface area contributed by atoms with E-state index in [9.17, 15) is 9.59 Å². The molecule has 0 radical (unpaired) electrons. The van der Waals surface area contributed by atoms with E-state index in [2.05, 4.69) is 0 Å². The van der Waals surface area contributed by atoms with Gasteiger partial charge in [0.1, 0.15) is 6.04 Å². The SMILES string of the molecule is Cc1ccccc1[C@@H]1C[C@@H]1C(=O)N(C)[C@@H](C)C(=O)O. The van der Waals surface area contributed by atoms with Gasteiger partial charge in [-0.3, -0.25) is 4.79 Å². The predicted octanol–water partition coefficient (Wildman–Crippen LogP) is 2.03. The van der Waals surface area contributed by atoms with Crippen molar-refractivity contribution in [2.45, 2.75) is 32.2 Å². The summed E-state index contributed by atoms with van der Waals surface area (Å²) in [7, 11) is 1.56. The topological polar surface area (TPSA) is 57.6 Å². The number of amides is 1. The van der Waals surface area contributed by atoms with E-state index in [-0.39, 0.29) is 17.7 Å². The molecule has 0 bridgehead atoms. The van der Waals surface area contributed by atoms with Crippen LogP contribution in [0.3, 0.4) is 0 Å². The fourth-order valence-electron chi connectivity index (χ4n) is 2.43. The summed E-state index contributed by atoms with van der Waals surface area (Å²) < 4.78 is 0. The van der Waals surface area contributed by atoms with Crippen molar-refractivity contribution in [1.29, 1.82) is 0 Å². The summed E-state index contributed by atoms with van der Waals surface area (Å²) in [5.74, 6) is -0.850. The van der Waals surface area contributed by atoms with Crippen LogP contribution in [0.1, 0.15) is 30.4 Å². The Morgan fingerprint density at radius 2 is 2.00 bits per heavy atom. The zero-order valence-corrected chi connectivity index (χ0v) is 11.5. The lowest BCUT2D eigenvalue weighted by Crippen LogP contribution is -2.41. The predicted molar refractivity (Wildman–Crippen MR) is 71.9 cm³/mol. The molecule has 0 unspecified atom stereocenters. The smallest absolute Gasteiger partial charge is 0.326 e. The summed E-state index contributed by atoms with van der Waals surface area (Å²) in [5, 5.41) is 8.94. The summed E-state index contributed by atoms with van der Waals surface area (Å²) in [6.07, 6.45) is 0.820. The Morgan fingerprint density at radius 3 is 2.58 bits per heavy atom. The standard InChI is InChI=1S/C15H19NO3/c1-9-6-4-5-7-11(9)12-8-13(12)14(17)16(3)10(2)15(18)19/h4-7,10,12-13H,8H2,1-3H3,(H,18,19)/t10-,12-,13-/m0/s1. The van der Waals surface area contributed by atoms with Crippen LogP contribution in [0.4, 0.5) is 0 Å². The summed E-state index contributed by atoms with van der Waals surface area (Å²) in [4.78, 5) is 24.4. The zero-order chi connectivity index (χ0) is 14.2. The third-order valence-electron chi connectivity index (χ3n) is 3.98. The monoisotopic (exact) mass is 261 g/mol. The van der Waals surface area contributed by atoms with Gasteiger partial charge in [-0.2, -0.15) is 0 Å². The minimum atomic E-state index is -0.969. The van der Waals surface area contributed by atoms with Crippen LogP contribution in [0.25, 0.3) is 0 Å². The molecular formula is C15H19NO3. The summed E-state index contributed by atoms with van der Waals surface area (Å²) in [5.41, 5.74) is 2.40. The van der Waals surface area contributed by atoms with E-state index in [1.807, 2.05) is 31.2 Å². The van der Waals surface area contributed by atoms with E-state index in [0.29, 0.717) is 0 Å². The van der Waals surface area contributed by atoms with E-state index >= 15 is 0 Å². The first-order chi connectivity index (χ1) is 8.93. The van der Waals surface area contributed by atoms with Gasteiger partial charge in [0.25, 0.3) is 0 Å². The molecule has 1 fully saturated rings. The number of carbonyl (C=O) groups is 2. The molecule has 4 nitrogen and oxygen atoms in total. The highest BCUT2D eigenvalue weighted by molar-refractivity contribution is 5.87. The van der Waals surface area contributed by atoms with Crippen LogP contribution < -0.4 is 0 Å². The molecule has 1 aliphatic carbocycles. The molecule has 0 aliphatic heterocycles. The Hall–Kier alpha value is -1.84. The highest BCUT2D eigenvalue weighted by Crippen LogP contribution is 2.49. The lowest BCUT2D eigenvalue weighted by Gasteiger charge is -2.21. The van der Waals surface area contributed by atoms with E-state index in [4.69, 9.17) is 5.11 Å². The van der Waals surface area contributed by atoms with Gasteiger partial charge in [0.15, 0.2) is 0 Å². The second-order valence-electron chi connectivity index (χ2n) is 5.27. The quantitative estimate of drug-likeness (QED) is 0.902. The Kier molecular flexibility index (Phi) is 3.60. The number of likely N-dealkylation sites (N-methyl/N-ethyl adjacent to an activating group) is 1. The fourth-order valence-corrected chi connectivity index (χ4v) is 2.43. The number of carboxylic acid groups (broad SMARTS) is 1. The molecule has 4 heteroatoms. The van der Waals surface area contributed by atoms with Gasteiger partial charge >= 0.3 is 5.97 Å². The molecule has 1 N–H and O–H groups in total. The van der Waals surface area contributed by atoms with E-state index in [1.165, 1.54) is 23.0 Å². The van der Waals surface area contributed by atoms with E-state index < -0.39 is 12.0 Å². The molecular weight excluding hydrogens is 242 g/mol. The van der Waals surface area contributed by atoms with Crippen molar-refractivity contribution >= 4 is 11.9 Å². The number of rotatable bonds is 4. The van der Waals surface area contributed by atoms with Crippen LogP contribution in [0.5, 0.6) is 0 Å². The van der Waals surface area contributed by atoms with Crippen LogP contribution in [0.15, 0.2) is 24.3 Å². The highest BCUT2D eigenvalue weighted by Gasteiger charge is 2.46. The lowest BCUT2D eigenvalue weighted by molar-refractivity contribution is -0.148. The van der Waals surface area contributed by atoms with Gasteiger partial charge in [-0.1, -0.05) is 24.3 Å². The second-order valence-corrected chi connectivity index (χ2v) is 5.27. The van der Waals surface area contributed by atoms with Gasteiger partial charge in [0, 0.05) is 13.0 Å². The second kappa shape index (κ2) is 5.03. The first-order valence-electron chi connectivity index (χ1n) is 6.48. The molecule has 19 heavy (non-hydrogen) atoms. The number of aryl methyl sites for hydroxylation is 1. The third kappa shape index (κ3) is 2.62. The zero-order valence-electron chi connectivity index (χ0n) is 11.5. The van der Waals surface area contributed by atoms with Crippen molar-refractivity contribution in [2.75, 3.05) is 7.05 Å². The first-order valence-corrected chi connectivity index (χ1v) is 6.48. The number of aliphatic carboxylic acids is 1. The highest BCUT2D eigenvalue weighted by atomic mass is 16.4. The van der Waals surface area contributed by atoms with Gasteiger partial charge in [0.2, 0.25) is 5.91 Å². The molecule has 3 atom stereocenters. The Balaban J connectivity index is 2.05. The normalized spacial score (nSPS) is 22.7. The lowest BCUT2D eigenvalue weighted by atomic mass is 10.0. The molecule has 1 aromatic carbocycles. The number of carboxylic acids is 1. The molecule has 1 aliphatic rings. The first kappa shape index (κ1) is 13.6. The Bertz CT molecular complexity index is 512. The number of benzene rings is 1. The van der Waals surface area contributed by atoms with E-state index in [1.54, 1.807) is 7.05 Å². The van der Waals surface area contributed by atoms with Crippen molar-refractivity contribution in [3.05, 3.63) is 35.4 Å². The maximum Gasteiger partial charge on any atom is 0.326 e. The molecule has 2 rings (SSSR count). The molecule has 0 spiro atoms. The number of hydrogen-bond acceptors (Lipinski definition) is 2. The van der Waals surface area contributed by atoms with Gasteiger partial charge in [-0.15, -0.1) is 0 Å². The van der Waals surface area contributed by atoms with E-state index in [0.717, 1.165) is 6.42 Å². The number of nitrogens with zero attached hydrogens (tertiary/aromatic N) is 1. The summed E-state index contributed by atoms with van der Waals surface area (Å²) >= 11 is 0. The van der Waals surface area contributed by atoms with Crippen LogP contribution in [0, 0.1) is 12.8 Å². The average Bonchev–Trinajstić information content (AvgIpc) is 3.16. The molecule has 1 saturated carbocycles. The average molecular weight is 261 g/mol. The van der Waals surface area contributed by atoms with Gasteiger partial charge in [0.05, 0.1) is 0 Å². The molecule has 0 saturated heterocycles. The van der Waals surface area contributed by atoms with Crippen LogP contribution in [0.2, 0.25) is 0 Å².